The molecule has 0 bridgehead atoms. The van der Waals surface area contributed by atoms with Crippen molar-refractivity contribution in [2.45, 2.75) is 18.0 Å². The first kappa shape index (κ1) is 22.4. The van der Waals surface area contributed by atoms with E-state index in [1.54, 1.807) is 24.3 Å². The summed E-state index contributed by atoms with van der Waals surface area (Å²) in [6.45, 7) is 4.19. The van der Waals surface area contributed by atoms with E-state index in [-0.39, 0.29) is 23.9 Å². The molecule has 5 rings (SSSR count). The van der Waals surface area contributed by atoms with E-state index in [2.05, 4.69) is 32.4 Å². The first-order valence-electron chi connectivity index (χ1n) is 11.1. The molecule has 0 unspecified atom stereocenters. The third kappa shape index (κ3) is 4.25. The van der Waals surface area contributed by atoms with E-state index >= 15 is 0 Å². The Morgan fingerprint density at radius 3 is 2.50 bits per heavy atom. The van der Waals surface area contributed by atoms with Gasteiger partial charge in [-0.2, -0.15) is 9.40 Å². The van der Waals surface area contributed by atoms with Gasteiger partial charge in [-0.3, -0.25) is 9.89 Å². The second-order valence-electron chi connectivity index (χ2n) is 8.67. The van der Waals surface area contributed by atoms with Gasteiger partial charge < -0.3 is 20.9 Å². The van der Waals surface area contributed by atoms with Crippen molar-refractivity contribution in [1.82, 2.24) is 19.4 Å². The van der Waals surface area contributed by atoms with Crippen molar-refractivity contribution in [3.05, 3.63) is 65.4 Å². The number of likely N-dealkylation sites (N-methyl/N-ethyl adjacent to an activating group) is 1. The lowest BCUT2D eigenvalue weighted by atomic mass is 10.1. The molecule has 1 amide bonds. The number of hydrogen-bond donors (Lipinski definition) is 3. The summed E-state index contributed by atoms with van der Waals surface area (Å²) in [5.41, 5.74) is 9.06. The highest BCUT2D eigenvalue weighted by molar-refractivity contribution is 7.89. The van der Waals surface area contributed by atoms with Crippen molar-refractivity contribution in [1.29, 1.82) is 0 Å². The minimum absolute atomic E-state index is 0.112. The summed E-state index contributed by atoms with van der Waals surface area (Å²) in [7, 11) is -1.62. The number of fused-ring (bicyclic) bond motifs is 1. The van der Waals surface area contributed by atoms with Gasteiger partial charge in [0.25, 0.3) is 5.91 Å². The quantitative estimate of drug-likeness (QED) is 0.473. The molecule has 4 N–H and O–H groups in total. The number of benzene rings is 2. The largest absolute Gasteiger partial charge is 0.399 e. The monoisotopic (exact) mass is 481 g/mol. The Morgan fingerprint density at radius 2 is 1.79 bits per heavy atom. The maximum Gasteiger partial charge on any atom is 0.256 e. The fourth-order valence-electron chi connectivity index (χ4n) is 4.28. The van der Waals surface area contributed by atoms with Crippen LogP contribution in [0.3, 0.4) is 0 Å². The summed E-state index contributed by atoms with van der Waals surface area (Å²) in [5, 5.41) is 9.87. The molecule has 2 aromatic carbocycles. The van der Waals surface area contributed by atoms with Crippen LogP contribution in [-0.2, 0) is 23.1 Å². The van der Waals surface area contributed by atoms with Gasteiger partial charge in [0, 0.05) is 55.2 Å². The fraction of sp³-hybridized carbons (Fsp3) is 0.304. The molecule has 1 saturated heterocycles. The van der Waals surface area contributed by atoms with E-state index < -0.39 is 10.0 Å². The van der Waals surface area contributed by atoms with Crippen molar-refractivity contribution in [3.8, 4) is 0 Å². The average molecular weight is 482 g/mol. The van der Waals surface area contributed by atoms with Crippen molar-refractivity contribution >= 4 is 33.1 Å². The number of aromatic nitrogens is 2. The van der Waals surface area contributed by atoms with Crippen molar-refractivity contribution in [2.24, 2.45) is 0 Å². The standard InChI is InChI=1S/C23H27N7O3S/c1-28-9-11-29(12-10-28)18-7-5-16(6-8-18)23(31)25-22-20-14-30(15-21(20)26-27-22)34(32,33)19-4-2-3-17(24)13-19/h2-8,13H,9-12,14-15,24H2,1H3,(H2,25,26,27,31). The van der Waals surface area contributed by atoms with Crippen molar-refractivity contribution in [3.63, 3.8) is 0 Å². The number of aromatic amines is 1. The van der Waals surface area contributed by atoms with Crippen LogP contribution in [0.4, 0.5) is 17.2 Å². The molecule has 0 atom stereocenters. The molecule has 0 saturated carbocycles. The lowest BCUT2D eigenvalue weighted by molar-refractivity contribution is 0.102. The van der Waals surface area contributed by atoms with Crippen LogP contribution in [0.2, 0.25) is 0 Å². The summed E-state index contributed by atoms with van der Waals surface area (Å²) in [6.07, 6.45) is 0. The van der Waals surface area contributed by atoms with Gasteiger partial charge in [-0.25, -0.2) is 8.42 Å². The second-order valence-corrected chi connectivity index (χ2v) is 10.6. The third-order valence-electron chi connectivity index (χ3n) is 6.35. The number of rotatable bonds is 5. The van der Waals surface area contributed by atoms with Gasteiger partial charge in [0.15, 0.2) is 5.82 Å². The number of carbonyl (C=O) groups excluding carboxylic acids is 1. The molecular weight excluding hydrogens is 454 g/mol. The normalized spacial score (nSPS) is 17.0. The van der Waals surface area contributed by atoms with Crippen LogP contribution in [0.1, 0.15) is 21.6 Å². The molecule has 3 aromatic rings. The van der Waals surface area contributed by atoms with Crippen LogP contribution in [-0.4, -0.2) is 67.0 Å². The zero-order chi connectivity index (χ0) is 23.9. The maximum atomic E-state index is 13.0. The number of nitrogens with one attached hydrogen (secondary N) is 2. The predicted molar refractivity (Wildman–Crippen MR) is 130 cm³/mol. The molecule has 2 aliphatic heterocycles. The number of amides is 1. The van der Waals surface area contributed by atoms with Crippen LogP contribution in [0.25, 0.3) is 0 Å². The molecule has 10 nitrogen and oxygen atoms in total. The molecule has 2 aliphatic rings. The Labute approximate surface area is 198 Å². The number of sulfonamides is 1. The number of nitrogens with zero attached hydrogens (tertiary/aromatic N) is 4. The van der Waals surface area contributed by atoms with E-state index in [0.717, 1.165) is 31.9 Å². The number of anilines is 3. The SMILES string of the molecule is CN1CCN(c2ccc(C(=O)Nc3n[nH]c4c3CN(S(=O)(=O)c3cccc(N)c3)C4)cc2)CC1. The highest BCUT2D eigenvalue weighted by atomic mass is 32.2. The van der Waals surface area contributed by atoms with E-state index in [4.69, 9.17) is 5.73 Å². The van der Waals surface area contributed by atoms with Crippen LogP contribution in [0, 0.1) is 0 Å². The van der Waals surface area contributed by atoms with E-state index in [9.17, 15) is 13.2 Å². The Bertz CT molecular complexity index is 1310. The topological polar surface area (TPSA) is 128 Å². The van der Waals surface area contributed by atoms with E-state index in [1.165, 1.54) is 16.4 Å². The summed E-state index contributed by atoms with van der Waals surface area (Å²) >= 11 is 0. The van der Waals surface area contributed by atoms with Crippen molar-refractivity contribution in [2.75, 3.05) is 49.2 Å². The molecule has 0 aliphatic carbocycles. The smallest absolute Gasteiger partial charge is 0.256 e. The Kier molecular flexibility index (Phi) is 5.76. The van der Waals surface area contributed by atoms with Crippen molar-refractivity contribution < 1.29 is 13.2 Å². The Morgan fingerprint density at radius 1 is 1.06 bits per heavy atom. The maximum absolute atomic E-state index is 13.0. The number of piperazine rings is 1. The minimum atomic E-state index is -3.73. The molecule has 11 heteroatoms. The first-order chi connectivity index (χ1) is 16.3. The predicted octanol–water partition coefficient (Wildman–Crippen LogP) is 1.70. The van der Waals surface area contributed by atoms with Crippen LogP contribution < -0.4 is 16.0 Å². The highest BCUT2D eigenvalue weighted by Gasteiger charge is 2.34. The van der Waals surface area contributed by atoms with Gasteiger partial charge in [-0.1, -0.05) is 6.07 Å². The minimum Gasteiger partial charge on any atom is -0.399 e. The summed E-state index contributed by atoms with van der Waals surface area (Å²) < 4.78 is 27.4. The van der Waals surface area contributed by atoms with E-state index in [0.29, 0.717) is 28.3 Å². The number of carbonyl (C=O) groups is 1. The first-order valence-corrected chi connectivity index (χ1v) is 12.5. The van der Waals surface area contributed by atoms with Gasteiger partial charge in [-0.15, -0.1) is 0 Å². The lowest BCUT2D eigenvalue weighted by Gasteiger charge is -2.34. The molecule has 1 fully saturated rings. The zero-order valence-corrected chi connectivity index (χ0v) is 19.7. The van der Waals surface area contributed by atoms with Gasteiger partial charge in [0.05, 0.1) is 17.1 Å². The molecule has 34 heavy (non-hydrogen) atoms. The fourth-order valence-corrected chi connectivity index (χ4v) is 5.71. The van der Waals surface area contributed by atoms with Crippen LogP contribution in [0.15, 0.2) is 53.4 Å². The number of hydrogen-bond acceptors (Lipinski definition) is 7. The molecule has 178 valence electrons. The van der Waals surface area contributed by atoms with Crippen LogP contribution in [0.5, 0.6) is 0 Å². The molecule has 3 heterocycles. The van der Waals surface area contributed by atoms with Gasteiger partial charge in [0.2, 0.25) is 10.0 Å². The molecule has 0 spiro atoms. The molecule has 0 radical (unpaired) electrons. The lowest BCUT2D eigenvalue weighted by Crippen LogP contribution is -2.44. The summed E-state index contributed by atoms with van der Waals surface area (Å²) in [4.78, 5) is 17.6. The third-order valence-corrected chi connectivity index (χ3v) is 8.14. The number of nitrogen functional groups attached to an aromatic ring is 1. The summed E-state index contributed by atoms with van der Waals surface area (Å²) in [6, 6.07) is 13.7. The molecule has 1 aromatic heterocycles. The van der Waals surface area contributed by atoms with Gasteiger partial charge >= 0.3 is 0 Å². The van der Waals surface area contributed by atoms with Crippen LogP contribution >= 0.6 is 0 Å². The highest BCUT2D eigenvalue weighted by Crippen LogP contribution is 2.32. The van der Waals surface area contributed by atoms with Gasteiger partial charge in [-0.05, 0) is 49.5 Å². The Balaban J connectivity index is 1.27. The average Bonchev–Trinajstić information content (AvgIpc) is 3.42. The Hall–Kier alpha value is -3.41. The number of nitrogens with two attached hydrogens (primary N) is 1. The second kappa shape index (κ2) is 8.75. The number of H-pyrrole nitrogens is 1. The van der Waals surface area contributed by atoms with Gasteiger partial charge in [0.1, 0.15) is 0 Å². The molecular formula is C23H27N7O3S. The zero-order valence-electron chi connectivity index (χ0n) is 18.9. The van der Waals surface area contributed by atoms with E-state index in [1.807, 2.05) is 12.1 Å². The summed E-state index contributed by atoms with van der Waals surface area (Å²) in [5.74, 6) is 0.0461.